The average molecular weight is 515 g/mol. The second-order valence-corrected chi connectivity index (χ2v) is 10.1. The number of ether oxygens (including phenoxy) is 1. The third-order valence-corrected chi connectivity index (χ3v) is 7.18. The van der Waals surface area contributed by atoms with Crippen LogP contribution in [0.1, 0.15) is 42.1 Å². The molecule has 0 aliphatic carbocycles. The van der Waals surface area contributed by atoms with Crippen LogP contribution in [0.15, 0.2) is 36.4 Å². The molecule has 0 radical (unpaired) electrons. The Labute approximate surface area is 187 Å². The van der Waals surface area contributed by atoms with Gasteiger partial charge in [-0.25, -0.2) is 13.2 Å². The number of carbonyl (C=O) groups excluding carboxylic acids is 1. The first-order valence-corrected chi connectivity index (χ1v) is 12.2. The maximum Gasteiger partial charge on any atom is 0.446 e. The second-order valence-electron chi connectivity index (χ2n) is 7.03. The number of rotatable bonds is 10. The minimum atomic E-state index is -7.03. The molecule has 0 spiro atoms. The lowest BCUT2D eigenvalue weighted by molar-refractivity contribution is -0.108. The highest BCUT2D eigenvalue weighted by Gasteiger charge is 2.71. The molecule has 0 fully saturated rings. The van der Waals surface area contributed by atoms with Gasteiger partial charge in [0.2, 0.25) is 0 Å². The van der Waals surface area contributed by atoms with Gasteiger partial charge in [-0.1, -0.05) is 38.1 Å². The van der Waals surface area contributed by atoms with Gasteiger partial charge in [-0.15, -0.1) is 0 Å². The Bertz CT molecular complexity index is 1240. The summed E-state index contributed by atoms with van der Waals surface area (Å²) in [5.41, 5.74) is 1.14. The quantitative estimate of drug-likeness (QED) is 0.154. The first-order chi connectivity index (χ1) is 15.0. The Morgan fingerprint density at radius 1 is 0.970 bits per heavy atom. The van der Waals surface area contributed by atoms with Crippen LogP contribution in [0.4, 0.5) is 17.6 Å². The highest BCUT2D eigenvalue weighted by molar-refractivity contribution is 7.91. The Morgan fingerprint density at radius 2 is 1.55 bits per heavy atom. The molecule has 2 aromatic rings. The molecule has 0 amide bonds. The Morgan fingerprint density at radius 3 is 2.12 bits per heavy atom. The number of benzene rings is 2. The van der Waals surface area contributed by atoms with Crippen molar-refractivity contribution in [3.63, 3.8) is 0 Å². The fraction of sp³-hybridized carbons (Fsp3) is 0.421. The van der Waals surface area contributed by atoms with Crippen molar-refractivity contribution in [2.45, 2.75) is 36.7 Å². The molecule has 1 atom stereocenters. The monoisotopic (exact) mass is 515 g/mol. The number of alkyl halides is 4. The zero-order chi connectivity index (χ0) is 25.2. The fourth-order valence-corrected chi connectivity index (χ4v) is 4.29. The molecule has 0 saturated heterocycles. The van der Waals surface area contributed by atoms with Crippen molar-refractivity contribution in [1.29, 1.82) is 0 Å². The lowest BCUT2D eigenvalue weighted by Gasteiger charge is -2.27. The Hall–Kier alpha value is -2.29. The Kier molecular flexibility index (Phi) is 7.78. The third kappa shape index (κ3) is 5.45. The largest absolute Gasteiger partial charge is 0.743 e. The summed E-state index contributed by atoms with van der Waals surface area (Å²) >= 11 is 0. The van der Waals surface area contributed by atoms with Gasteiger partial charge in [-0.3, -0.25) is 4.18 Å². The van der Waals surface area contributed by atoms with Gasteiger partial charge in [0.15, 0.2) is 10.1 Å². The van der Waals surface area contributed by atoms with E-state index in [4.69, 9.17) is 0 Å². The SMILES string of the molecule is CCC(C)c1ccc2cc(C(=O)OCCOS(=O)(=O)C(F)(F)C(F)(F)S(=O)(=O)[O-])ccc2c1. The van der Waals surface area contributed by atoms with E-state index in [-0.39, 0.29) is 5.56 Å². The van der Waals surface area contributed by atoms with Crippen LogP contribution in [-0.2, 0) is 29.2 Å². The zero-order valence-electron chi connectivity index (χ0n) is 17.3. The topological polar surface area (TPSA) is 127 Å². The van der Waals surface area contributed by atoms with Gasteiger partial charge in [0.25, 0.3) is 0 Å². The van der Waals surface area contributed by atoms with Gasteiger partial charge >= 0.3 is 26.6 Å². The molecule has 0 saturated carbocycles. The summed E-state index contributed by atoms with van der Waals surface area (Å²) in [5, 5.41) is -11.3. The van der Waals surface area contributed by atoms with Crippen molar-refractivity contribution in [3.8, 4) is 0 Å². The minimum Gasteiger partial charge on any atom is -0.743 e. The molecule has 14 heteroatoms. The Balaban J connectivity index is 2.03. The maximum absolute atomic E-state index is 13.4. The van der Waals surface area contributed by atoms with Crippen molar-refractivity contribution in [1.82, 2.24) is 0 Å². The predicted octanol–water partition coefficient (Wildman–Crippen LogP) is 3.59. The average Bonchev–Trinajstić information content (AvgIpc) is 2.74. The highest BCUT2D eigenvalue weighted by atomic mass is 32.2. The smallest absolute Gasteiger partial charge is 0.446 e. The molecule has 8 nitrogen and oxygen atoms in total. The van der Waals surface area contributed by atoms with E-state index in [1.165, 1.54) is 12.1 Å². The highest BCUT2D eigenvalue weighted by Crippen LogP contribution is 2.42. The van der Waals surface area contributed by atoms with Crippen LogP contribution in [-0.4, -0.2) is 51.1 Å². The van der Waals surface area contributed by atoms with E-state index < -0.39 is 49.9 Å². The molecule has 1 unspecified atom stereocenters. The van der Waals surface area contributed by atoms with Crippen LogP contribution in [0.2, 0.25) is 0 Å². The molecule has 33 heavy (non-hydrogen) atoms. The van der Waals surface area contributed by atoms with Crippen molar-refractivity contribution in [2.75, 3.05) is 13.2 Å². The summed E-state index contributed by atoms with van der Waals surface area (Å²) < 4.78 is 115. The minimum absolute atomic E-state index is 0.0379. The summed E-state index contributed by atoms with van der Waals surface area (Å²) in [6.07, 6.45) is 0.935. The fourth-order valence-electron chi connectivity index (χ4n) is 2.66. The molecule has 184 valence electrons. The van der Waals surface area contributed by atoms with Crippen LogP contribution >= 0.6 is 0 Å². The van der Waals surface area contributed by atoms with Gasteiger partial charge < -0.3 is 9.29 Å². The van der Waals surface area contributed by atoms with Crippen molar-refractivity contribution in [2.24, 2.45) is 0 Å². The lowest BCUT2D eigenvalue weighted by atomic mass is 9.95. The van der Waals surface area contributed by atoms with Gasteiger partial charge in [-0.05, 0) is 40.8 Å². The molecule has 0 aliphatic rings. The van der Waals surface area contributed by atoms with E-state index >= 15 is 0 Å². The van der Waals surface area contributed by atoms with Crippen molar-refractivity contribution in [3.05, 3.63) is 47.5 Å². The number of fused-ring (bicyclic) bond motifs is 1. The van der Waals surface area contributed by atoms with Gasteiger partial charge in [0.1, 0.15) is 13.2 Å². The van der Waals surface area contributed by atoms with E-state index in [0.29, 0.717) is 11.3 Å². The molecule has 0 heterocycles. The van der Waals surface area contributed by atoms with Crippen LogP contribution in [0.3, 0.4) is 0 Å². The molecule has 0 aromatic heterocycles. The van der Waals surface area contributed by atoms with Gasteiger partial charge in [-0.2, -0.15) is 26.0 Å². The molecular weight excluding hydrogens is 496 g/mol. The zero-order valence-corrected chi connectivity index (χ0v) is 18.9. The van der Waals surface area contributed by atoms with Crippen LogP contribution in [0.25, 0.3) is 10.8 Å². The summed E-state index contributed by atoms with van der Waals surface area (Å²) in [5.74, 6) is -0.653. The predicted molar refractivity (Wildman–Crippen MR) is 107 cm³/mol. The maximum atomic E-state index is 13.4. The first-order valence-electron chi connectivity index (χ1n) is 9.36. The van der Waals surface area contributed by atoms with Gasteiger partial charge in [0, 0.05) is 0 Å². The van der Waals surface area contributed by atoms with Crippen molar-refractivity contribution < 1.29 is 52.7 Å². The van der Waals surface area contributed by atoms with Crippen molar-refractivity contribution >= 4 is 37.0 Å². The van der Waals surface area contributed by atoms with E-state index in [1.54, 1.807) is 12.1 Å². The molecule has 0 bridgehead atoms. The van der Waals surface area contributed by atoms with E-state index in [2.05, 4.69) is 15.8 Å². The number of carbonyl (C=O) groups is 1. The molecule has 0 aliphatic heterocycles. The van der Waals surface area contributed by atoms with Gasteiger partial charge in [0.05, 0.1) is 5.56 Å². The number of hydrogen-bond donors (Lipinski definition) is 0. The van der Waals surface area contributed by atoms with Crippen LogP contribution in [0.5, 0.6) is 0 Å². The summed E-state index contributed by atoms with van der Waals surface area (Å²) in [6.45, 7) is 1.83. The van der Waals surface area contributed by atoms with E-state index in [0.717, 1.165) is 17.4 Å². The third-order valence-electron chi connectivity index (χ3n) is 4.80. The molecular formula is C19H19F4O8S2-. The molecule has 0 N–H and O–H groups in total. The van der Waals surface area contributed by atoms with Crippen LogP contribution < -0.4 is 0 Å². The molecule has 2 rings (SSSR count). The number of halogens is 4. The second kappa shape index (κ2) is 9.52. The van der Waals surface area contributed by atoms with Crippen LogP contribution in [0, 0.1) is 0 Å². The summed E-state index contributed by atoms with van der Waals surface area (Å²) in [4.78, 5) is 12.1. The first kappa shape index (κ1) is 27.0. The summed E-state index contributed by atoms with van der Waals surface area (Å²) in [7, 11) is -13.6. The summed E-state index contributed by atoms with van der Waals surface area (Å²) in [6, 6.07) is 10.2. The number of esters is 1. The van der Waals surface area contributed by atoms with E-state index in [9.17, 15) is 43.7 Å². The lowest BCUT2D eigenvalue weighted by Crippen LogP contribution is -2.52. The molecule has 2 aromatic carbocycles. The number of hydrogen-bond acceptors (Lipinski definition) is 8. The standard InChI is InChI=1S/C19H20F4O8S2/c1-3-12(2)13-4-5-15-11-16(7-6-14(15)10-13)17(24)30-8-9-31-33(28,29)19(22,23)18(20,21)32(25,26)27/h4-7,10-12H,3,8-9H2,1-2H3,(H,25,26,27)/p-1. The van der Waals surface area contributed by atoms with E-state index in [1.807, 2.05) is 19.1 Å². The normalized spacial score (nSPS) is 14.3.